The molecule has 2 N–H and O–H groups in total. The molecule has 0 saturated heterocycles. The molecule has 0 spiro atoms. The first-order chi connectivity index (χ1) is 4.34. The molecule has 1 heterocycles. The molecule has 5 heteroatoms. The predicted molar refractivity (Wildman–Crippen MR) is 31.7 cm³/mol. The minimum Gasteiger partial charge on any atom is -0.369 e. The summed E-state index contributed by atoms with van der Waals surface area (Å²) in [4.78, 5) is 14.8. The summed E-state index contributed by atoms with van der Waals surface area (Å²) in [5, 5.41) is 0. The van der Waals surface area contributed by atoms with E-state index >= 15 is 0 Å². The topological polar surface area (TPSA) is 65.2 Å². The lowest BCUT2D eigenvalue weighted by molar-refractivity contribution is 0.0509. The largest absolute Gasteiger partial charge is 0.369 e. The van der Waals surface area contributed by atoms with Crippen molar-refractivity contribution in [1.29, 1.82) is 0 Å². The van der Waals surface area contributed by atoms with Gasteiger partial charge in [0.05, 0.1) is 0 Å². The molecule has 0 fully saturated rings. The van der Waals surface area contributed by atoms with Crippen molar-refractivity contribution in [3.63, 3.8) is 0 Å². The van der Waals surface area contributed by atoms with Gasteiger partial charge in [0.15, 0.2) is 0 Å². The molecule has 0 unspecified atom stereocenters. The van der Waals surface area contributed by atoms with Gasteiger partial charge in [-0.2, -0.15) is 5.90 Å². The first-order valence-electron chi connectivity index (χ1n) is 2.16. The lowest BCUT2D eigenvalue weighted by atomic mass is 10.5. The summed E-state index contributed by atoms with van der Waals surface area (Å²) in [6.07, 6.45) is 1.51. The number of hydrogen-bond acceptors (Lipinski definition) is 5. The van der Waals surface area contributed by atoms with Crippen molar-refractivity contribution in [2.24, 2.45) is 5.90 Å². The van der Waals surface area contributed by atoms with Gasteiger partial charge in [0.1, 0.15) is 4.88 Å². The van der Waals surface area contributed by atoms with Crippen LogP contribution in [0.3, 0.4) is 0 Å². The highest BCUT2D eigenvalue weighted by Gasteiger charge is 2.05. The second-order valence-corrected chi connectivity index (χ2v) is 2.12. The van der Waals surface area contributed by atoms with Gasteiger partial charge in [-0.25, -0.2) is 9.17 Å². The standard InChI is InChI=1S/C4H4N2O2S/c5-8-4(7)3-1-2-6-9-3/h1-2H,5H2. The van der Waals surface area contributed by atoms with Crippen molar-refractivity contribution >= 4 is 17.5 Å². The highest BCUT2D eigenvalue weighted by atomic mass is 32.1. The van der Waals surface area contributed by atoms with E-state index in [2.05, 4.69) is 15.1 Å². The van der Waals surface area contributed by atoms with Crippen molar-refractivity contribution in [1.82, 2.24) is 4.37 Å². The average Bonchev–Trinajstić information content (AvgIpc) is 2.37. The number of aromatic nitrogens is 1. The number of carbonyl (C=O) groups is 1. The third-order valence-corrected chi connectivity index (χ3v) is 1.47. The lowest BCUT2D eigenvalue weighted by Gasteiger charge is -1.87. The zero-order chi connectivity index (χ0) is 6.69. The summed E-state index contributed by atoms with van der Waals surface area (Å²) in [5.41, 5.74) is 0. The number of carbonyl (C=O) groups excluding carboxylic acids is 1. The fraction of sp³-hybridized carbons (Fsp3) is 0. The molecule has 0 amide bonds. The zero-order valence-corrected chi connectivity index (χ0v) is 5.22. The van der Waals surface area contributed by atoms with E-state index < -0.39 is 5.97 Å². The van der Waals surface area contributed by atoms with Gasteiger partial charge in [0.25, 0.3) is 0 Å². The molecule has 0 aliphatic carbocycles. The Morgan fingerprint density at radius 2 is 2.67 bits per heavy atom. The first kappa shape index (κ1) is 6.18. The summed E-state index contributed by atoms with van der Waals surface area (Å²) >= 11 is 1.05. The Labute approximate surface area is 55.4 Å². The molecule has 0 saturated carbocycles. The molecule has 0 radical (unpaired) electrons. The van der Waals surface area contributed by atoms with E-state index in [0.29, 0.717) is 4.88 Å². The van der Waals surface area contributed by atoms with Gasteiger partial charge < -0.3 is 4.84 Å². The van der Waals surface area contributed by atoms with E-state index in [9.17, 15) is 4.79 Å². The minimum absolute atomic E-state index is 0.414. The molecule has 9 heavy (non-hydrogen) atoms. The Balaban J connectivity index is 2.77. The Morgan fingerprint density at radius 1 is 1.89 bits per heavy atom. The van der Waals surface area contributed by atoms with Crippen LogP contribution in [0.5, 0.6) is 0 Å². The van der Waals surface area contributed by atoms with Crippen LogP contribution in [0.1, 0.15) is 9.67 Å². The SMILES string of the molecule is NOC(=O)c1ccns1. The monoisotopic (exact) mass is 144 g/mol. The fourth-order valence-electron chi connectivity index (χ4n) is 0.379. The third kappa shape index (κ3) is 1.24. The Morgan fingerprint density at radius 3 is 3.11 bits per heavy atom. The highest BCUT2D eigenvalue weighted by Crippen LogP contribution is 2.03. The van der Waals surface area contributed by atoms with Crippen LogP contribution in [0.25, 0.3) is 0 Å². The van der Waals surface area contributed by atoms with Crippen molar-refractivity contribution in [3.8, 4) is 0 Å². The number of rotatable bonds is 1. The Kier molecular flexibility index (Phi) is 1.76. The maximum atomic E-state index is 10.5. The highest BCUT2D eigenvalue weighted by molar-refractivity contribution is 7.07. The van der Waals surface area contributed by atoms with Crippen molar-refractivity contribution in [2.45, 2.75) is 0 Å². The predicted octanol–water partition coefficient (Wildman–Crippen LogP) is 0.174. The minimum atomic E-state index is -0.544. The summed E-state index contributed by atoms with van der Waals surface area (Å²) in [6.45, 7) is 0. The number of nitrogens with zero attached hydrogens (tertiary/aromatic N) is 1. The van der Waals surface area contributed by atoms with Crippen LogP contribution in [0.15, 0.2) is 12.3 Å². The third-order valence-electron chi connectivity index (χ3n) is 0.746. The maximum absolute atomic E-state index is 10.5. The lowest BCUT2D eigenvalue weighted by Crippen LogP contribution is -2.07. The van der Waals surface area contributed by atoms with E-state index in [1.54, 1.807) is 6.07 Å². The van der Waals surface area contributed by atoms with Crippen LogP contribution in [0, 0.1) is 0 Å². The molecule has 4 nitrogen and oxygen atoms in total. The van der Waals surface area contributed by atoms with Crippen LogP contribution in [0.4, 0.5) is 0 Å². The van der Waals surface area contributed by atoms with Gasteiger partial charge in [-0.1, -0.05) is 0 Å². The molecule has 1 rings (SSSR count). The summed E-state index contributed by atoms with van der Waals surface area (Å²) in [5.74, 6) is 4.05. The van der Waals surface area contributed by atoms with Crippen LogP contribution in [-0.4, -0.2) is 10.3 Å². The number of nitrogens with two attached hydrogens (primary N) is 1. The van der Waals surface area contributed by atoms with Crippen LogP contribution < -0.4 is 5.90 Å². The maximum Gasteiger partial charge on any atom is 0.368 e. The first-order valence-corrected chi connectivity index (χ1v) is 2.93. The van der Waals surface area contributed by atoms with E-state index in [1.807, 2.05) is 0 Å². The van der Waals surface area contributed by atoms with E-state index in [0.717, 1.165) is 11.5 Å². The van der Waals surface area contributed by atoms with E-state index in [1.165, 1.54) is 6.20 Å². The smallest absolute Gasteiger partial charge is 0.368 e. The van der Waals surface area contributed by atoms with Gasteiger partial charge in [0.2, 0.25) is 0 Å². The van der Waals surface area contributed by atoms with E-state index in [4.69, 9.17) is 0 Å². The van der Waals surface area contributed by atoms with Crippen LogP contribution in [-0.2, 0) is 4.84 Å². The molecule has 0 bridgehead atoms. The molecule has 0 aromatic carbocycles. The van der Waals surface area contributed by atoms with E-state index in [-0.39, 0.29) is 0 Å². The van der Waals surface area contributed by atoms with Crippen molar-refractivity contribution in [2.75, 3.05) is 0 Å². The molecule has 1 aromatic heterocycles. The van der Waals surface area contributed by atoms with Gasteiger partial charge in [-0.3, -0.25) is 0 Å². The molecular formula is C4H4N2O2S. The van der Waals surface area contributed by atoms with Gasteiger partial charge >= 0.3 is 5.97 Å². The average molecular weight is 144 g/mol. The van der Waals surface area contributed by atoms with Crippen molar-refractivity contribution < 1.29 is 9.63 Å². The Hall–Kier alpha value is -0.940. The summed E-state index contributed by atoms with van der Waals surface area (Å²) < 4.78 is 3.68. The molecule has 48 valence electrons. The van der Waals surface area contributed by atoms with Crippen LogP contribution in [0.2, 0.25) is 0 Å². The summed E-state index contributed by atoms with van der Waals surface area (Å²) in [7, 11) is 0. The van der Waals surface area contributed by atoms with Gasteiger partial charge in [-0.15, -0.1) is 0 Å². The van der Waals surface area contributed by atoms with Crippen molar-refractivity contribution in [3.05, 3.63) is 17.1 Å². The zero-order valence-electron chi connectivity index (χ0n) is 4.40. The fourth-order valence-corrected chi connectivity index (χ4v) is 0.859. The van der Waals surface area contributed by atoms with Crippen LogP contribution >= 0.6 is 11.5 Å². The second kappa shape index (κ2) is 2.56. The number of hydrogen-bond donors (Lipinski definition) is 1. The molecule has 0 aliphatic rings. The van der Waals surface area contributed by atoms with Gasteiger partial charge in [0, 0.05) is 6.20 Å². The summed E-state index contributed by atoms with van der Waals surface area (Å²) in [6, 6.07) is 1.54. The Bertz CT molecular complexity index is 196. The molecule has 0 aliphatic heterocycles. The second-order valence-electron chi connectivity index (χ2n) is 1.28. The molecule has 1 aromatic rings. The molecule has 0 atom stereocenters. The quantitative estimate of drug-likeness (QED) is 0.571. The normalized spacial score (nSPS) is 9.00. The molecular weight excluding hydrogens is 140 g/mol. The van der Waals surface area contributed by atoms with Gasteiger partial charge in [-0.05, 0) is 17.6 Å².